The molecule has 0 saturated heterocycles. The van der Waals surface area contributed by atoms with E-state index in [9.17, 15) is 4.79 Å². The van der Waals surface area contributed by atoms with Crippen LogP contribution in [0.3, 0.4) is 0 Å². The van der Waals surface area contributed by atoms with Gasteiger partial charge in [-0.25, -0.2) is 4.98 Å². The van der Waals surface area contributed by atoms with Crippen molar-refractivity contribution >= 4 is 58.2 Å². The molecular weight excluding hydrogens is 355 g/mol. The predicted molar refractivity (Wildman–Crippen MR) is 86.8 cm³/mol. The summed E-state index contributed by atoms with van der Waals surface area (Å²) in [6, 6.07) is 2.99. The van der Waals surface area contributed by atoms with Gasteiger partial charge in [-0.05, 0) is 26.0 Å². The van der Waals surface area contributed by atoms with E-state index in [0.717, 1.165) is 11.5 Å². The number of benzene rings is 1. The molecule has 1 N–H and O–H groups in total. The van der Waals surface area contributed by atoms with Crippen LogP contribution < -0.4 is 5.32 Å². The summed E-state index contributed by atoms with van der Waals surface area (Å²) in [4.78, 5) is 16.1. The van der Waals surface area contributed by atoms with Crippen molar-refractivity contribution in [2.24, 2.45) is 0 Å². The molecule has 0 spiro atoms. The van der Waals surface area contributed by atoms with Gasteiger partial charge in [-0.1, -0.05) is 46.6 Å². The molecule has 0 aliphatic rings. The number of carbonyl (C=O) groups is 1. The minimum Gasteiger partial charge on any atom is -0.437 e. The fourth-order valence-electron chi connectivity index (χ4n) is 1.44. The van der Waals surface area contributed by atoms with Crippen LogP contribution in [0.4, 0.5) is 5.69 Å². The summed E-state index contributed by atoms with van der Waals surface area (Å²) in [7, 11) is 0. The van der Waals surface area contributed by atoms with Gasteiger partial charge in [-0.3, -0.25) is 4.79 Å². The van der Waals surface area contributed by atoms with Crippen LogP contribution in [0.1, 0.15) is 11.5 Å². The normalized spacial score (nSPS) is 10.7. The largest absolute Gasteiger partial charge is 0.437 e. The van der Waals surface area contributed by atoms with Gasteiger partial charge in [0.25, 0.3) is 5.22 Å². The molecule has 4 nitrogen and oxygen atoms in total. The Morgan fingerprint density at radius 2 is 1.90 bits per heavy atom. The molecule has 0 aliphatic carbocycles. The summed E-state index contributed by atoms with van der Waals surface area (Å²) in [6.45, 7) is 3.67. The van der Waals surface area contributed by atoms with Gasteiger partial charge in [0.2, 0.25) is 5.91 Å². The molecule has 8 heteroatoms. The zero-order valence-corrected chi connectivity index (χ0v) is 14.3. The second-order valence-corrected chi connectivity index (χ2v) is 6.35. The highest BCUT2D eigenvalue weighted by Gasteiger charge is 2.12. The lowest BCUT2D eigenvalue weighted by molar-refractivity contribution is -0.113. The minimum absolute atomic E-state index is 0.149. The van der Waals surface area contributed by atoms with Crippen LogP contribution >= 0.6 is 46.6 Å². The predicted octanol–water partition coefficient (Wildman–Crippen LogP) is 4.98. The molecule has 1 aromatic carbocycles. The Kier molecular flexibility index (Phi) is 5.43. The van der Waals surface area contributed by atoms with Gasteiger partial charge in [0.15, 0.2) is 0 Å². The number of carbonyl (C=O) groups excluding carboxylic acids is 1. The van der Waals surface area contributed by atoms with Crippen molar-refractivity contribution in [2.45, 2.75) is 19.1 Å². The van der Waals surface area contributed by atoms with Gasteiger partial charge in [0, 0.05) is 0 Å². The summed E-state index contributed by atoms with van der Waals surface area (Å²) < 4.78 is 5.38. The molecule has 2 aromatic rings. The van der Waals surface area contributed by atoms with Gasteiger partial charge < -0.3 is 9.73 Å². The van der Waals surface area contributed by atoms with Crippen molar-refractivity contribution in [2.75, 3.05) is 11.1 Å². The van der Waals surface area contributed by atoms with Crippen LogP contribution in [-0.4, -0.2) is 16.6 Å². The van der Waals surface area contributed by atoms with Crippen molar-refractivity contribution in [1.29, 1.82) is 0 Å². The van der Waals surface area contributed by atoms with E-state index in [4.69, 9.17) is 39.2 Å². The van der Waals surface area contributed by atoms with Crippen LogP contribution in [-0.2, 0) is 4.79 Å². The topological polar surface area (TPSA) is 55.1 Å². The van der Waals surface area contributed by atoms with E-state index >= 15 is 0 Å². The van der Waals surface area contributed by atoms with Gasteiger partial charge >= 0.3 is 0 Å². The maximum Gasteiger partial charge on any atom is 0.256 e. The average molecular weight is 366 g/mol. The van der Waals surface area contributed by atoms with Crippen LogP contribution in [0.25, 0.3) is 0 Å². The number of nitrogens with one attached hydrogen (secondary N) is 1. The highest BCUT2D eigenvalue weighted by molar-refractivity contribution is 7.99. The van der Waals surface area contributed by atoms with E-state index in [-0.39, 0.29) is 11.7 Å². The minimum atomic E-state index is -0.242. The highest BCUT2D eigenvalue weighted by Crippen LogP contribution is 2.32. The third kappa shape index (κ3) is 4.30. The SMILES string of the molecule is Cc1nc(SCC(=O)Nc2cc(Cl)c(Cl)cc2Cl)oc1C. The zero-order chi connectivity index (χ0) is 15.6. The summed E-state index contributed by atoms with van der Waals surface area (Å²) in [5.74, 6) is 0.648. The molecule has 1 amide bonds. The lowest BCUT2D eigenvalue weighted by atomic mass is 10.3. The Hall–Kier alpha value is -0.880. The number of hydrogen-bond acceptors (Lipinski definition) is 4. The van der Waals surface area contributed by atoms with Crippen LogP contribution in [0, 0.1) is 13.8 Å². The molecule has 0 aliphatic heterocycles. The first-order valence-corrected chi connectivity index (χ1v) is 8.00. The van der Waals surface area contributed by atoms with E-state index in [1.54, 1.807) is 0 Å². The maximum atomic E-state index is 11.9. The van der Waals surface area contributed by atoms with Crippen LogP contribution in [0.2, 0.25) is 15.1 Å². The molecule has 0 saturated carbocycles. The number of aryl methyl sites for hydroxylation is 2. The van der Waals surface area contributed by atoms with Crippen molar-refractivity contribution in [1.82, 2.24) is 4.98 Å². The maximum absolute atomic E-state index is 11.9. The van der Waals surface area contributed by atoms with Gasteiger partial charge in [-0.15, -0.1) is 0 Å². The van der Waals surface area contributed by atoms with E-state index in [0.29, 0.717) is 26.0 Å². The van der Waals surface area contributed by atoms with Crippen molar-refractivity contribution in [3.63, 3.8) is 0 Å². The zero-order valence-electron chi connectivity index (χ0n) is 11.2. The van der Waals surface area contributed by atoms with Crippen LogP contribution in [0.5, 0.6) is 0 Å². The lowest BCUT2D eigenvalue weighted by Gasteiger charge is -2.08. The Balaban J connectivity index is 1.97. The summed E-state index contributed by atoms with van der Waals surface area (Å²) in [6.07, 6.45) is 0. The molecule has 0 bridgehead atoms. The number of thioether (sulfide) groups is 1. The number of anilines is 1. The summed E-state index contributed by atoms with van der Waals surface area (Å²) in [5.41, 5.74) is 1.22. The molecule has 0 radical (unpaired) electrons. The molecule has 2 rings (SSSR count). The summed E-state index contributed by atoms with van der Waals surface area (Å²) in [5, 5.41) is 4.10. The van der Waals surface area contributed by atoms with Gasteiger partial charge in [0.1, 0.15) is 5.76 Å². The quantitative estimate of drug-likeness (QED) is 0.613. The first kappa shape index (κ1) is 16.5. The molecule has 0 unspecified atom stereocenters. The van der Waals surface area contributed by atoms with E-state index < -0.39 is 0 Å². The molecule has 21 heavy (non-hydrogen) atoms. The van der Waals surface area contributed by atoms with Crippen molar-refractivity contribution in [3.05, 3.63) is 38.7 Å². The Morgan fingerprint density at radius 1 is 1.24 bits per heavy atom. The third-order valence-corrected chi connectivity index (χ3v) is 4.48. The van der Waals surface area contributed by atoms with Gasteiger partial charge in [-0.2, -0.15) is 0 Å². The second-order valence-electron chi connectivity index (χ2n) is 4.20. The number of nitrogens with zero attached hydrogens (tertiary/aromatic N) is 1. The lowest BCUT2D eigenvalue weighted by Crippen LogP contribution is -2.14. The highest BCUT2D eigenvalue weighted by atomic mass is 35.5. The average Bonchev–Trinajstić information content (AvgIpc) is 2.73. The fourth-order valence-corrected chi connectivity index (χ4v) is 2.74. The Labute approximate surface area is 141 Å². The first-order valence-electron chi connectivity index (χ1n) is 5.88. The number of halogens is 3. The molecular formula is C13H11Cl3N2O2S. The molecule has 1 heterocycles. The number of aromatic nitrogens is 1. The number of rotatable bonds is 4. The number of oxazole rings is 1. The molecule has 1 aromatic heterocycles. The monoisotopic (exact) mass is 364 g/mol. The van der Waals surface area contributed by atoms with Gasteiger partial charge in [0.05, 0.1) is 32.2 Å². The number of amides is 1. The molecule has 112 valence electrons. The fraction of sp³-hybridized carbons (Fsp3) is 0.231. The van der Waals surface area contributed by atoms with E-state index in [1.807, 2.05) is 13.8 Å². The molecule has 0 atom stereocenters. The van der Waals surface area contributed by atoms with Crippen molar-refractivity contribution in [3.8, 4) is 0 Å². The first-order chi connectivity index (χ1) is 9.86. The molecule has 0 fully saturated rings. The van der Waals surface area contributed by atoms with Crippen LogP contribution in [0.15, 0.2) is 21.8 Å². The Bertz CT molecular complexity index is 669. The third-order valence-electron chi connectivity index (χ3n) is 2.62. The number of hydrogen-bond donors (Lipinski definition) is 1. The standard InChI is InChI=1S/C13H11Cl3N2O2S/c1-6-7(2)20-13(17-6)21-5-12(19)18-11-4-9(15)8(14)3-10(11)16/h3-4H,5H2,1-2H3,(H,18,19). The Morgan fingerprint density at radius 3 is 2.52 bits per heavy atom. The summed E-state index contributed by atoms with van der Waals surface area (Å²) >= 11 is 18.9. The van der Waals surface area contributed by atoms with E-state index in [1.165, 1.54) is 23.9 Å². The van der Waals surface area contributed by atoms with E-state index in [2.05, 4.69) is 10.3 Å². The van der Waals surface area contributed by atoms with Crippen molar-refractivity contribution < 1.29 is 9.21 Å². The smallest absolute Gasteiger partial charge is 0.256 e. The second kappa shape index (κ2) is 6.92.